The highest BCUT2D eigenvalue weighted by Crippen LogP contribution is 2.19. The molecule has 0 aliphatic heterocycles. The van der Waals surface area contributed by atoms with Crippen LogP contribution in [0.3, 0.4) is 0 Å². The SMILES string of the molecule is CCCCC#C/C=C/CN(C)Cc1cccc2ccccc12. The van der Waals surface area contributed by atoms with E-state index in [1.165, 1.54) is 29.2 Å². The second-order valence-electron chi connectivity index (χ2n) is 5.66. The Morgan fingerprint density at radius 2 is 1.91 bits per heavy atom. The first-order valence-electron chi connectivity index (χ1n) is 8.10. The molecule has 0 amide bonds. The highest BCUT2D eigenvalue weighted by molar-refractivity contribution is 5.85. The molecule has 0 saturated carbocycles. The Morgan fingerprint density at radius 3 is 2.77 bits per heavy atom. The van der Waals surface area contributed by atoms with E-state index in [0.29, 0.717) is 0 Å². The monoisotopic (exact) mass is 291 g/mol. The van der Waals surface area contributed by atoms with Crippen molar-refractivity contribution in [1.82, 2.24) is 4.90 Å². The van der Waals surface area contributed by atoms with Gasteiger partial charge < -0.3 is 0 Å². The molecule has 1 heteroatoms. The molecule has 0 spiro atoms. The number of likely N-dealkylation sites (N-methyl/N-ethyl adjacent to an activating group) is 1. The first-order chi connectivity index (χ1) is 10.8. The van der Waals surface area contributed by atoms with Crippen molar-refractivity contribution in [2.75, 3.05) is 13.6 Å². The largest absolute Gasteiger partial charge is 0.298 e. The third-order valence-corrected chi connectivity index (χ3v) is 3.70. The summed E-state index contributed by atoms with van der Waals surface area (Å²) in [6.07, 6.45) is 7.54. The van der Waals surface area contributed by atoms with Crippen molar-refractivity contribution in [3.8, 4) is 11.8 Å². The molecule has 0 aliphatic rings. The molecule has 0 radical (unpaired) electrons. The molecule has 0 heterocycles. The van der Waals surface area contributed by atoms with Gasteiger partial charge in [-0.25, -0.2) is 0 Å². The minimum absolute atomic E-state index is 0.922. The summed E-state index contributed by atoms with van der Waals surface area (Å²) in [5.41, 5.74) is 1.38. The van der Waals surface area contributed by atoms with Crippen LogP contribution < -0.4 is 0 Å². The first kappa shape index (κ1) is 16.3. The van der Waals surface area contributed by atoms with E-state index in [1.807, 2.05) is 6.08 Å². The van der Waals surface area contributed by atoms with E-state index >= 15 is 0 Å². The molecular formula is C21H25N. The van der Waals surface area contributed by atoms with Gasteiger partial charge in [-0.3, -0.25) is 4.90 Å². The van der Waals surface area contributed by atoms with Gasteiger partial charge in [-0.05, 0) is 35.9 Å². The molecule has 0 aliphatic carbocycles. The summed E-state index contributed by atoms with van der Waals surface area (Å²) in [5, 5.41) is 2.66. The zero-order valence-electron chi connectivity index (χ0n) is 13.7. The van der Waals surface area contributed by atoms with E-state index in [4.69, 9.17) is 0 Å². The zero-order valence-corrected chi connectivity index (χ0v) is 13.7. The van der Waals surface area contributed by atoms with Crippen LogP contribution in [0.1, 0.15) is 31.7 Å². The van der Waals surface area contributed by atoms with E-state index in [9.17, 15) is 0 Å². The lowest BCUT2D eigenvalue weighted by atomic mass is 10.0. The van der Waals surface area contributed by atoms with Crippen molar-refractivity contribution in [1.29, 1.82) is 0 Å². The molecule has 2 rings (SSSR count). The third kappa shape index (κ3) is 5.06. The van der Waals surface area contributed by atoms with Crippen molar-refractivity contribution < 1.29 is 0 Å². The van der Waals surface area contributed by atoms with Gasteiger partial charge in [0.2, 0.25) is 0 Å². The summed E-state index contributed by atoms with van der Waals surface area (Å²) in [6.45, 7) is 4.07. The Morgan fingerprint density at radius 1 is 1.09 bits per heavy atom. The van der Waals surface area contributed by atoms with E-state index in [0.717, 1.165) is 19.5 Å². The van der Waals surface area contributed by atoms with E-state index < -0.39 is 0 Å². The second kappa shape index (κ2) is 9.07. The molecule has 0 unspecified atom stereocenters. The Kier molecular flexibility index (Phi) is 6.74. The number of benzene rings is 2. The van der Waals surface area contributed by atoms with Gasteiger partial charge in [0.25, 0.3) is 0 Å². The molecule has 22 heavy (non-hydrogen) atoms. The number of rotatable bonds is 6. The Hall–Kier alpha value is -2.04. The molecule has 2 aromatic carbocycles. The molecule has 0 bridgehead atoms. The van der Waals surface area contributed by atoms with Crippen LogP contribution in [-0.2, 0) is 6.54 Å². The minimum Gasteiger partial charge on any atom is -0.298 e. The van der Waals surface area contributed by atoms with E-state index in [-0.39, 0.29) is 0 Å². The predicted octanol–water partition coefficient (Wildman–Crippen LogP) is 5.02. The van der Waals surface area contributed by atoms with Crippen molar-refractivity contribution in [2.45, 2.75) is 32.7 Å². The number of hydrogen-bond acceptors (Lipinski definition) is 1. The van der Waals surface area contributed by atoms with Gasteiger partial charge in [0.1, 0.15) is 0 Å². The number of fused-ring (bicyclic) bond motifs is 1. The number of allylic oxidation sites excluding steroid dienone is 1. The van der Waals surface area contributed by atoms with Gasteiger partial charge >= 0.3 is 0 Å². The topological polar surface area (TPSA) is 3.24 Å². The van der Waals surface area contributed by atoms with Gasteiger partial charge in [0, 0.05) is 19.5 Å². The third-order valence-electron chi connectivity index (χ3n) is 3.70. The maximum absolute atomic E-state index is 3.18. The van der Waals surface area contributed by atoms with Crippen LogP contribution in [-0.4, -0.2) is 18.5 Å². The van der Waals surface area contributed by atoms with E-state index in [1.54, 1.807) is 0 Å². The average molecular weight is 291 g/mol. The van der Waals surface area contributed by atoms with Crippen LogP contribution in [0, 0.1) is 11.8 Å². The molecule has 0 atom stereocenters. The molecule has 2 aromatic rings. The Balaban J connectivity index is 1.89. The van der Waals surface area contributed by atoms with E-state index in [2.05, 4.69) is 79.3 Å². The maximum atomic E-state index is 3.18. The van der Waals surface area contributed by atoms with Crippen molar-refractivity contribution in [2.24, 2.45) is 0 Å². The second-order valence-corrected chi connectivity index (χ2v) is 5.66. The van der Waals surface area contributed by atoms with Gasteiger partial charge in [0.05, 0.1) is 0 Å². The molecule has 0 N–H and O–H groups in total. The smallest absolute Gasteiger partial charge is 0.0240 e. The van der Waals surface area contributed by atoms with Gasteiger partial charge in [-0.15, -0.1) is 0 Å². The highest BCUT2D eigenvalue weighted by Gasteiger charge is 2.02. The lowest BCUT2D eigenvalue weighted by Gasteiger charge is -2.15. The highest BCUT2D eigenvalue weighted by atomic mass is 15.1. The van der Waals surface area contributed by atoms with Crippen molar-refractivity contribution >= 4 is 10.8 Å². The molecule has 1 nitrogen and oxygen atoms in total. The maximum Gasteiger partial charge on any atom is 0.0240 e. The molecule has 0 aromatic heterocycles. The molecular weight excluding hydrogens is 266 g/mol. The van der Waals surface area contributed by atoms with Crippen LogP contribution in [0.5, 0.6) is 0 Å². The number of hydrogen-bond donors (Lipinski definition) is 0. The van der Waals surface area contributed by atoms with Crippen molar-refractivity contribution in [3.05, 3.63) is 60.2 Å². The Labute approximate surface area is 134 Å². The summed E-state index contributed by atoms with van der Waals surface area (Å²) in [7, 11) is 2.15. The fraction of sp³-hybridized carbons (Fsp3) is 0.333. The summed E-state index contributed by atoms with van der Waals surface area (Å²) in [4.78, 5) is 2.31. The molecule has 0 fully saturated rings. The summed E-state index contributed by atoms with van der Waals surface area (Å²) in [5.74, 6) is 6.29. The normalized spacial score (nSPS) is 11.0. The van der Waals surface area contributed by atoms with Crippen molar-refractivity contribution in [3.63, 3.8) is 0 Å². The van der Waals surface area contributed by atoms with Crippen LogP contribution >= 0.6 is 0 Å². The predicted molar refractivity (Wildman–Crippen MR) is 96.7 cm³/mol. The minimum atomic E-state index is 0.922. The zero-order chi connectivity index (χ0) is 15.6. The van der Waals surface area contributed by atoms with Crippen LogP contribution in [0.4, 0.5) is 0 Å². The fourth-order valence-electron chi connectivity index (χ4n) is 2.47. The molecule has 0 saturated heterocycles. The average Bonchev–Trinajstić information content (AvgIpc) is 2.54. The quantitative estimate of drug-likeness (QED) is 0.533. The van der Waals surface area contributed by atoms with Crippen LogP contribution in [0.15, 0.2) is 54.6 Å². The van der Waals surface area contributed by atoms with Gasteiger partial charge in [-0.2, -0.15) is 0 Å². The summed E-state index contributed by atoms with van der Waals surface area (Å²) in [6, 6.07) is 15.1. The number of nitrogens with zero attached hydrogens (tertiary/aromatic N) is 1. The van der Waals surface area contributed by atoms with Gasteiger partial charge in [0.15, 0.2) is 0 Å². The number of unbranched alkanes of at least 4 members (excludes halogenated alkanes) is 2. The Bertz CT molecular complexity index is 668. The van der Waals surface area contributed by atoms with Crippen LogP contribution in [0.25, 0.3) is 10.8 Å². The summed E-state index contributed by atoms with van der Waals surface area (Å²) >= 11 is 0. The van der Waals surface area contributed by atoms with Crippen LogP contribution in [0.2, 0.25) is 0 Å². The lowest BCUT2D eigenvalue weighted by molar-refractivity contribution is 0.365. The lowest BCUT2D eigenvalue weighted by Crippen LogP contribution is -2.17. The standard InChI is InChI=1S/C21H25N/c1-3-4-5-6-7-8-11-17-22(2)18-20-15-12-14-19-13-9-10-16-21(19)20/h8-16H,3-5,17-18H2,1-2H3/b11-8+. The van der Waals surface area contributed by atoms with Gasteiger partial charge in [-0.1, -0.05) is 73.7 Å². The first-order valence-corrected chi connectivity index (χ1v) is 8.10. The molecule has 114 valence electrons. The summed E-state index contributed by atoms with van der Waals surface area (Å²) < 4.78 is 0. The fourth-order valence-corrected chi connectivity index (χ4v) is 2.47.